The number of thiophene rings is 1. The third-order valence-corrected chi connectivity index (χ3v) is 12.2. The molecule has 0 fully saturated rings. The Morgan fingerprint density at radius 3 is 1.63 bits per heavy atom. The molecule has 0 spiro atoms. The van der Waals surface area contributed by atoms with Crippen molar-refractivity contribution in [3.05, 3.63) is 200 Å². The van der Waals surface area contributed by atoms with Crippen LogP contribution >= 0.6 is 11.3 Å². The maximum absolute atomic E-state index is 5.31. The molecular weight excluding hydrogens is 711 g/mol. The molecule has 0 saturated heterocycles. The number of nitrogens with zero attached hydrogens (tertiary/aromatic N) is 3. The van der Waals surface area contributed by atoms with E-state index in [0.717, 1.165) is 27.8 Å². The van der Waals surface area contributed by atoms with Gasteiger partial charge >= 0.3 is 0 Å². The van der Waals surface area contributed by atoms with Gasteiger partial charge < -0.3 is 0 Å². The first-order valence-electron chi connectivity index (χ1n) is 19.2. The van der Waals surface area contributed by atoms with Crippen molar-refractivity contribution in [3.8, 4) is 67.5 Å². The normalized spacial score (nSPS) is 11.5. The van der Waals surface area contributed by atoms with Crippen LogP contribution in [-0.2, 0) is 0 Å². The molecule has 57 heavy (non-hydrogen) atoms. The van der Waals surface area contributed by atoms with Crippen LogP contribution in [-0.4, -0.2) is 15.0 Å². The smallest absolute Gasteiger partial charge is 0.165 e. The van der Waals surface area contributed by atoms with Gasteiger partial charge in [-0.3, -0.25) is 0 Å². The van der Waals surface area contributed by atoms with Gasteiger partial charge in [-0.2, -0.15) is 0 Å². The van der Waals surface area contributed by atoms with Gasteiger partial charge in [0.05, 0.1) is 0 Å². The van der Waals surface area contributed by atoms with Crippen molar-refractivity contribution >= 4 is 53.1 Å². The zero-order valence-corrected chi connectivity index (χ0v) is 31.6. The lowest BCUT2D eigenvalue weighted by molar-refractivity contribution is 1.08. The van der Waals surface area contributed by atoms with Crippen molar-refractivity contribution in [3.63, 3.8) is 0 Å². The van der Waals surface area contributed by atoms with E-state index in [4.69, 9.17) is 15.0 Å². The molecule has 11 aromatic rings. The highest BCUT2D eigenvalue weighted by atomic mass is 32.1. The zero-order valence-electron chi connectivity index (χ0n) is 30.8. The van der Waals surface area contributed by atoms with E-state index in [1.54, 1.807) is 11.3 Å². The zero-order chi connectivity index (χ0) is 37.7. The minimum Gasteiger partial charge on any atom is -0.208 e. The van der Waals surface area contributed by atoms with Crippen LogP contribution < -0.4 is 0 Å². The van der Waals surface area contributed by atoms with Crippen LogP contribution in [0.3, 0.4) is 0 Å². The number of hydrogen-bond acceptors (Lipinski definition) is 4. The van der Waals surface area contributed by atoms with E-state index in [9.17, 15) is 0 Å². The molecule has 0 aliphatic carbocycles. The van der Waals surface area contributed by atoms with E-state index in [-0.39, 0.29) is 0 Å². The fourth-order valence-corrected chi connectivity index (χ4v) is 9.39. The minimum atomic E-state index is 0.644. The quantitative estimate of drug-likeness (QED) is 0.159. The molecule has 0 radical (unpaired) electrons. The standard InChI is InChI=1S/C53H33N3S/c1-3-15-34(16-4-1)36-19-13-20-37(31-36)38-29-30-39-33-48(41-22-8-7-21-40(41)47(39)32-38)42-23-9-10-25-45(42)52-54-51(35-17-5-2-6-18-35)55-53(56-52)46-27-14-26-44-43-24-11-12-28-49(43)57-50(44)46/h1-33H. The second kappa shape index (κ2) is 13.8. The number of aromatic nitrogens is 3. The highest BCUT2D eigenvalue weighted by Gasteiger charge is 2.20. The Morgan fingerprint density at radius 1 is 0.281 bits per heavy atom. The Labute approximate surface area is 334 Å². The van der Waals surface area contributed by atoms with Crippen LogP contribution in [0.5, 0.6) is 0 Å². The molecule has 0 saturated carbocycles. The molecule has 0 amide bonds. The van der Waals surface area contributed by atoms with E-state index in [1.165, 1.54) is 64.0 Å². The van der Waals surface area contributed by atoms with Gasteiger partial charge in [-0.25, -0.2) is 15.0 Å². The van der Waals surface area contributed by atoms with Crippen LogP contribution in [0.15, 0.2) is 200 Å². The van der Waals surface area contributed by atoms with Gasteiger partial charge in [-0.15, -0.1) is 11.3 Å². The summed E-state index contributed by atoms with van der Waals surface area (Å²) in [5.74, 6) is 1.96. The molecule has 2 heterocycles. The molecule has 11 rings (SSSR count). The molecule has 9 aromatic carbocycles. The van der Waals surface area contributed by atoms with Gasteiger partial charge in [-0.1, -0.05) is 170 Å². The van der Waals surface area contributed by atoms with Gasteiger partial charge in [0.15, 0.2) is 17.5 Å². The lowest BCUT2D eigenvalue weighted by atomic mass is 9.89. The minimum absolute atomic E-state index is 0.644. The van der Waals surface area contributed by atoms with Gasteiger partial charge in [0.1, 0.15) is 0 Å². The molecule has 0 aliphatic rings. The predicted octanol–water partition coefficient (Wildman–Crippen LogP) is 14.5. The third kappa shape index (κ3) is 5.86. The highest BCUT2D eigenvalue weighted by molar-refractivity contribution is 7.26. The van der Waals surface area contributed by atoms with Crippen molar-refractivity contribution in [2.45, 2.75) is 0 Å². The van der Waals surface area contributed by atoms with Crippen LogP contribution in [0.25, 0.3) is 109 Å². The molecule has 2 aromatic heterocycles. The Balaban J connectivity index is 1.09. The Kier molecular flexibility index (Phi) is 8.01. The Hall–Kier alpha value is -7.27. The lowest BCUT2D eigenvalue weighted by Crippen LogP contribution is -2.01. The van der Waals surface area contributed by atoms with Crippen molar-refractivity contribution in [1.29, 1.82) is 0 Å². The summed E-state index contributed by atoms with van der Waals surface area (Å²) in [5.41, 5.74) is 9.95. The Bertz CT molecular complexity index is 3300. The summed E-state index contributed by atoms with van der Waals surface area (Å²) >= 11 is 1.79. The summed E-state index contributed by atoms with van der Waals surface area (Å²) < 4.78 is 2.42. The third-order valence-electron chi connectivity index (χ3n) is 10.9. The monoisotopic (exact) mass is 743 g/mol. The number of rotatable bonds is 6. The molecule has 3 nitrogen and oxygen atoms in total. The maximum atomic E-state index is 5.31. The topological polar surface area (TPSA) is 38.7 Å². The van der Waals surface area contributed by atoms with Crippen LogP contribution in [0.2, 0.25) is 0 Å². The summed E-state index contributed by atoms with van der Waals surface area (Å²) in [7, 11) is 0. The molecule has 4 heteroatoms. The average molecular weight is 744 g/mol. The highest BCUT2D eigenvalue weighted by Crippen LogP contribution is 2.42. The molecule has 0 atom stereocenters. The van der Waals surface area contributed by atoms with Crippen LogP contribution in [0.4, 0.5) is 0 Å². The SMILES string of the molecule is c1ccc(-c2cccc(-c3ccc4cc(-c5ccccc5-c5nc(-c6ccccc6)nc(-c6cccc7c6sc6ccccc67)n5)c5ccccc5c4c3)c2)cc1. The van der Waals surface area contributed by atoms with E-state index in [0.29, 0.717) is 17.5 Å². The van der Waals surface area contributed by atoms with E-state index in [1.807, 2.05) is 18.2 Å². The van der Waals surface area contributed by atoms with E-state index in [2.05, 4.69) is 182 Å². The first-order chi connectivity index (χ1) is 28.2. The number of hydrogen-bond donors (Lipinski definition) is 0. The first-order valence-corrected chi connectivity index (χ1v) is 20.0. The van der Waals surface area contributed by atoms with Crippen LogP contribution in [0, 0.1) is 0 Å². The van der Waals surface area contributed by atoms with Gasteiger partial charge in [0.25, 0.3) is 0 Å². The molecule has 0 bridgehead atoms. The summed E-state index contributed by atoms with van der Waals surface area (Å²) in [6.07, 6.45) is 0. The molecule has 0 N–H and O–H groups in total. The summed E-state index contributed by atoms with van der Waals surface area (Å²) in [5, 5.41) is 7.25. The fraction of sp³-hybridized carbons (Fsp3) is 0. The predicted molar refractivity (Wildman–Crippen MR) is 240 cm³/mol. The molecule has 0 aliphatic heterocycles. The first kappa shape index (κ1) is 33.1. The molecular formula is C53H33N3S. The van der Waals surface area contributed by atoms with Crippen molar-refractivity contribution in [1.82, 2.24) is 15.0 Å². The molecule has 266 valence electrons. The van der Waals surface area contributed by atoms with Crippen molar-refractivity contribution in [2.75, 3.05) is 0 Å². The number of benzene rings is 9. The van der Waals surface area contributed by atoms with Gasteiger partial charge in [0, 0.05) is 36.9 Å². The van der Waals surface area contributed by atoms with Gasteiger partial charge in [-0.05, 0) is 85.3 Å². The van der Waals surface area contributed by atoms with Crippen molar-refractivity contribution in [2.24, 2.45) is 0 Å². The van der Waals surface area contributed by atoms with Gasteiger partial charge in [0.2, 0.25) is 0 Å². The summed E-state index contributed by atoms with van der Waals surface area (Å²) in [6.45, 7) is 0. The average Bonchev–Trinajstić information content (AvgIpc) is 3.68. The second-order valence-corrected chi connectivity index (χ2v) is 15.4. The maximum Gasteiger partial charge on any atom is 0.165 e. The summed E-state index contributed by atoms with van der Waals surface area (Å²) in [6, 6.07) is 71.1. The van der Waals surface area contributed by atoms with Crippen molar-refractivity contribution < 1.29 is 0 Å². The largest absolute Gasteiger partial charge is 0.208 e. The number of fused-ring (bicyclic) bond motifs is 6. The molecule has 0 unspecified atom stereocenters. The Morgan fingerprint density at radius 2 is 0.825 bits per heavy atom. The lowest BCUT2D eigenvalue weighted by Gasteiger charge is -2.16. The summed E-state index contributed by atoms with van der Waals surface area (Å²) in [4.78, 5) is 15.7. The van der Waals surface area contributed by atoms with Crippen LogP contribution in [0.1, 0.15) is 0 Å². The van der Waals surface area contributed by atoms with E-state index < -0.39 is 0 Å². The second-order valence-electron chi connectivity index (χ2n) is 14.4. The van der Waals surface area contributed by atoms with E-state index >= 15 is 0 Å². The fourth-order valence-electron chi connectivity index (χ4n) is 8.18.